The minimum atomic E-state index is -0.829. The van der Waals surface area contributed by atoms with Gasteiger partial charge in [0, 0.05) is 0 Å². The molecular weight excluding hydrogens is 224 g/mol. The Morgan fingerprint density at radius 3 is 2.83 bits per heavy atom. The Labute approximate surface area is 108 Å². The Morgan fingerprint density at radius 1 is 1.44 bits per heavy atom. The quantitative estimate of drug-likeness (QED) is 0.647. The normalized spacial score (nSPS) is 24.2. The van der Waals surface area contributed by atoms with E-state index in [0.717, 1.165) is 42.4 Å². The number of rotatable bonds is 4. The zero-order valence-electron chi connectivity index (χ0n) is 11.1. The van der Waals surface area contributed by atoms with Gasteiger partial charge < -0.3 is 5.11 Å². The van der Waals surface area contributed by atoms with E-state index >= 15 is 0 Å². The smallest absolute Gasteiger partial charge is 0.318 e. The van der Waals surface area contributed by atoms with E-state index < -0.39 is 11.4 Å². The molecular formula is C16H20O2. The van der Waals surface area contributed by atoms with Crippen LogP contribution in [0.5, 0.6) is 0 Å². The summed E-state index contributed by atoms with van der Waals surface area (Å²) < 4.78 is 0. The summed E-state index contributed by atoms with van der Waals surface area (Å²) in [6.45, 7) is 3.98. The summed E-state index contributed by atoms with van der Waals surface area (Å²) in [6, 6.07) is 7.90. The van der Waals surface area contributed by atoms with Gasteiger partial charge >= 0.3 is 5.97 Å². The van der Waals surface area contributed by atoms with Crippen molar-refractivity contribution < 1.29 is 9.90 Å². The molecule has 0 saturated heterocycles. The molecule has 0 aromatic heterocycles. The van der Waals surface area contributed by atoms with E-state index in [0.29, 0.717) is 0 Å². The first-order chi connectivity index (χ1) is 8.60. The van der Waals surface area contributed by atoms with Crippen molar-refractivity contribution in [1.82, 2.24) is 0 Å². The van der Waals surface area contributed by atoms with Gasteiger partial charge in [-0.2, -0.15) is 0 Å². The number of hydrogen-bond acceptors (Lipinski definition) is 1. The number of unbranched alkanes of at least 4 members (excludes halogenated alkanes) is 2. The van der Waals surface area contributed by atoms with Crippen molar-refractivity contribution in [2.24, 2.45) is 0 Å². The minimum Gasteiger partial charge on any atom is -0.480 e. The van der Waals surface area contributed by atoms with Crippen molar-refractivity contribution in [3.63, 3.8) is 0 Å². The predicted octanol–water partition coefficient (Wildman–Crippen LogP) is 3.70. The molecule has 0 bridgehead atoms. The van der Waals surface area contributed by atoms with Gasteiger partial charge in [0.1, 0.15) is 5.41 Å². The highest BCUT2D eigenvalue weighted by Gasteiger charge is 2.44. The average molecular weight is 244 g/mol. The van der Waals surface area contributed by atoms with Crippen molar-refractivity contribution in [3.8, 4) is 0 Å². The van der Waals surface area contributed by atoms with Gasteiger partial charge in [0.05, 0.1) is 0 Å². The van der Waals surface area contributed by atoms with Gasteiger partial charge in [0.15, 0.2) is 0 Å². The van der Waals surface area contributed by atoms with Crippen molar-refractivity contribution in [2.45, 2.75) is 44.9 Å². The molecule has 0 amide bonds. The molecule has 1 N–H and O–H groups in total. The van der Waals surface area contributed by atoms with Gasteiger partial charge in [-0.1, -0.05) is 50.1 Å². The highest BCUT2D eigenvalue weighted by molar-refractivity contribution is 5.87. The molecule has 0 fully saturated rings. The molecule has 1 unspecified atom stereocenters. The second-order valence-electron chi connectivity index (χ2n) is 5.14. The molecule has 18 heavy (non-hydrogen) atoms. The average Bonchev–Trinajstić information content (AvgIpc) is 2.65. The maximum Gasteiger partial charge on any atom is 0.318 e. The number of carboxylic acid groups (broad SMARTS) is 1. The third kappa shape index (κ3) is 1.96. The third-order valence-corrected chi connectivity index (χ3v) is 3.96. The van der Waals surface area contributed by atoms with Crippen LogP contribution in [0.3, 0.4) is 0 Å². The molecule has 96 valence electrons. The standard InChI is InChI=1S/C16H20O2/c1-3-4-5-9-13-11-12-8-6-7-10-14(12)16(13,2)15(17)18/h6-10H,3-5,11H2,1-2H3,(H,17,18). The molecule has 0 saturated carbocycles. The van der Waals surface area contributed by atoms with Crippen molar-refractivity contribution in [3.05, 3.63) is 47.0 Å². The van der Waals surface area contributed by atoms with Gasteiger partial charge in [-0.25, -0.2) is 0 Å². The van der Waals surface area contributed by atoms with Crippen LogP contribution >= 0.6 is 0 Å². The summed E-state index contributed by atoms with van der Waals surface area (Å²) in [6.07, 6.45) is 6.15. The molecule has 1 aromatic carbocycles. The third-order valence-electron chi connectivity index (χ3n) is 3.96. The van der Waals surface area contributed by atoms with Gasteiger partial charge in [-0.3, -0.25) is 4.79 Å². The van der Waals surface area contributed by atoms with Crippen molar-refractivity contribution in [1.29, 1.82) is 0 Å². The lowest BCUT2D eigenvalue weighted by Crippen LogP contribution is -2.31. The van der Waals surface area contributed by atoms with E-state index in [1.54, 1.807) is 0 Å². The highest BCUT2D eigenvalue weighted by Crippen LogP contribution is 2.43. The van der Waals surface area contributed by atoms with E-state index in [2.05, 4.69) is 13.0 Å². The van der Waals surface area contributed by atoms with E-state index in [9.17, 15) is 9.90 Å². The van der Waals surface area contributed by atoms with Crippen LogP contribution in [-0.4, -0.2) is 11.1 Å². The van der Waals surface area contributed by atoms with Crippen LogP contribution in [0.1, 0.15) is 44.2 Å². The van der Waals surface area contributed by atoms with Crippen LogP contribution in [0.2, 0.25) is 0 Å². The summed E-state index contributed by atoms with van der Waals surface area (Å²) in [5.41, 5.74) is 2.33. The summed E-state index contributed by atoms with van der Waals surface area (Å²) in [4.78, 5) is 11.7. The van der Waals surface area contributed by atoms with Crippen LogP contribution in [0.25, 0.3) is 0 Å². The monoisotopic (exact) mass is 244 g/mol. The summed E-state index contributed by atoms with van der Waals surface area (Å²) in [5.74, 6) is -0.741. The Morgan fingerprint density at radius 2 is 2.17 bits per heavy atom. The molecule has 2 heteroatoms. The number of carbonyl (C=O) groups is 1. The molecule has 2 nitrogen and oxygen atoms in total. The molecule has 0 spiro atoms. The number of benzene rings is 1. The van der Waals surface area contributed by atoms with Gasteiger partial charge in [0.25, 0.3) is 0 Å². The molecule has 0 heterocycles. The van der Waals surface area contributed by atoms with E-state index in [1.165, 1.54) is 0 Å². The van der Waals surface area contributed by atoms with Crippen LogP contribution < -0.4 is 0 Å². The molecule has 1 aliphatic carbocycles. The van der Waals surface area contributed by atoms with E-state index in [1.807, 2.05) is 31.2 Å². The van der Waals surface area contributed by atoms with Gasteiger partial charge in [0.2, 0.25) is 0 Å². The molecule has 2 rings (SSSR count). The second kappa shape index (κ2) is 4.97. The number of aliphatic carboxylic acids is 1. The summed E-state index contributed by atoms with van der Waals surface area (Å²) in [7, 11) is 0. The fourth-order valence-corrected chi connectivity index (χ4v) is 2.73. The molecule has 1 aromatic rings. The lowest BCUT2D eigenvalue weighted by Gasteiger charge is -2.22. The number of fused-ring (bicyclic) bond motifs is 1. The van der Waals surface area contributed by atoms with E-state index in [4.69, 9.17) is 0 Å². The second-order valence-corrected chi connectivity index (χ2v) is 5.14. The fraction of sp³-hybridized carbons (Fsp3) is 0.438. The van der Waals surface area contributed by atoms with Crippen molar-refractivity contribution >= 4 is 5.97 Å². The molecule has 0 radical (unpaired) electrons. The van der Waals surface area contributed by atoms with Crippen molar-refractivity contribution in [2.75, 3.05) is 0 Å². The SMILES string of the molecule is CCCCC=C1Cc2ccccc2C1(C)C(=O)O. The first kappa shape index (κ1) is 12.9. The van der Waals surface area contributed by atoms with E-state index in [-0.39, 0.29) is 0 Å². The molecule has 0 aliphatic heterocycles. The highest BCUT2D eigenvalue weighted by atomic mass is 16.4. The first-order valence-electron chi connectivity index (χ1n) is 6.62. The summed E-state index contributed by atoms with van der Waals surface area (Å²) in [5, 5.41) is 9.61. The molecule has 1 aliphatic rings. The fourth-order valence-electron chi connectivity index (χ4n) is 2.73. The largest absolute Gasteiger partial charge is 0.480 e. The van der Waals surface area contributed by atoms with Crippen LogP contribution in [0, 0.1) is 0 Å². The Bertz CT molecular complexity index is 488. The number of carboxylic acids is 1. The van der Waals surface area contributed by atoms with Gasteiger partial charge in [-0.15, -0.1) is 0 Å². The number of hydrogen-bond donors (Lipinski definition) is 1. The first-order valence-corrected chi connectivity index (χ1v) is 6.62. The Balaban J connectivity index is 2.41. The lowest BCUT2D eigenvalue weighted by molar-refractivity contribution is -0.141. The minimum absolute atomic E-state index is 0.741. The topological polar surface area (TPSA) is 37.3 Å². The maximum atomic E-state index is 11.7. The lowest BCUT2D eigenvalue weighted by atomic mass is 9.80. The number of allylic oxidation sites excluding steroid dienone is 1. The molecule has 1 atom stereocenters. The van der Waals surface area contributed by atoms with Crippen LogP contribution in [0.15, 0.2) is 35.9 Å². The predicted molar refractivity (Wildman–Crippen MR) is 72.7 cm³/mol. The van der Waals surface area contributed by atoms with Crippen LogP contribution in [0.4, 0.5) is 0 Å². The zero-order chi connectivity index (χ0) is 13.2. The Hall–Kier alpha value is -1.57. The van der Waals surface area contributed by atoms with Crippen LogP contribution in [-0.2, 0) is 16.6 Å². The summed E-state index contributed by atoms with van der Waals surface area (Å²) >= 11 is 0. The maximum absolute atomic E-state index is 11.7. The van der Waals surface area contributed by atoms with Gasteiger partial charge in [-0.05, 0) is 36.5 Å². The zero-order valence-corrected chi connectivity index (χ0v) is 11.1. The Kier molecular flexibility index (Phi) is 3.55.